The second-order valence-electron chi connectivity index (χ2n) is 2.57. The van der Waals surface area contributed by atoms with E-state index >= 15 is 0 Å². The highest BCUT2D eigenvalue weighted by atomic mass is 13.9. The van der Waals surface area contributed by atoms with Crippen LogP contribution in [0.15, 0.2) is 30.3 Å². The van der Waals surface area contributed by atoms with Crippen LogP contribution >= 0.6 is 0 Å². The van der Waals surface area contributed by atoms with E-state index in [2.05, 4.69) is 40.0 Å². The van der Waals surface area contributed by atoms with Crippen LogP contribution in [0.4, 0.5) is 0 Å². The second-order valence-corrected chi connectivity index (χ2v) is 2.57. The van der Waals surface area contributed by atoms with Crippen LogP contribution in [0.3, 0.4) is 0 Å². The fraction of sp³-hybridized carbons (Fsp3) is 0.143. The molecule has 0 N–H and O–H groups in total. The molecule has 1 rings (SSSR count). The van der Waals surface area contributed by atoms with Gasteiger partial charge in [-0.15, -0.1) is 0 Å². The number of hydrogen-bond acceptors (Lipinski definition) is 0. The van der Waals surface area contributed by atoms with E-state index in [0.717, 1.165) is 0 Å². The molecule has 0 saturated heterocycles. The largest absolute Gasteiger partial charge is 0.101 e. The molecule has 0 aromatic heterocycles. The molecule has 0 aliphatic carbocycles. The zero-order valence-corrected chi connectivity index (χ0v) is 5.96. The topological polar surface area (TPSA) is 0 Å². The smallest absolute Gasteiger partial charge is 0.0717 e. The maximum Gasteiger partial charge on any atom is 0.101 e. The summed E-state index contributed by atoms with van der Waals surface area (Å²) in [4.78, 5) is 0. The Bertz CT molecular complexity index is 170. The molecule has 0 saturated carbocycles. The molecule has 0 spiro atoms. The van der Waals surface area contributed by atoms with Gasteiger partial charge in [0.05, 0.1) is 0 Å². The highest BCUT2D eigenvalue weighted by Crippen LogP contribution is 2.05. The van der Waals surface area contributed by atoms with Crippen molar-refractivity contribution in [1.82, 2.24) is 0 Å². The predicted molar refractivity (Wildman–Crippen MR) is 46.3 cm³/mol. The van der Waals surface area contributed by atoms with E-state index in [1.165, 1.54) is 5.56 Å². The van der Waals surface area contributed by atoms with Gasteiger partial charge >= 0.3 is 0 Å². The van der Waals surface area contributed by atoms with Gasteiger partial charge in [0.1, 0.15) is 15.7 Å². The Balaban J connectivity index is 2.85. The second kappa shape index (κ2) is 2.77. The Hall–Kier alpha value is -0.650. The first-order chi connectivity index (χ1) is 4.30. The van der Waals surface area contributed by atoms with Crippen molar-refractivity contribution in [3.05, 3.63) is 35.9 Å². The minimum absolute atomic E-state index is 0.659. The quantitative estimate of drug-likeness (QED) is 0.451. The molecule has 9 heavy (non-hydrogen) atoms. The molecular formula is C7H10B2. The molecule has 0 nitrogen and oxygen atoms in total. The standard InChI is InChI=1S/C7H10B2/c8-7(9)6-4-2-1-3-5-6/h1-5,7H,8-9H2. The van der Waals surface area contributed by atoms with Gasteiger partial charge in [-0.05, 0) is 0 Å². The summed E-state index contributed by atoms with van der Waals surface area (Å²) in [5.41, 5.74) is 2.07. The molecule has 0 radical (unpaired) electrons. The molecule has 0 aliphatic rings. The molecule has 0 heterocycles. The third-order valence-corrected chi connectivity index (χ3v) is 1.47. The Kier molecular flexibility index (Phi) is 1.99. The van der Waals surface area contributed by atoms with Crippen LogP contribution in [0.25, 0.3) is 0 Å². The van der Waals surface area contributed by atoms with Gasteiger partial charge in [0.15, 0.2) is 0 Å². The zero-order valence-electron chi connectivity index (χ0n) is 5.96. The van der Waals surface area contributed by atoms with Crippen molar-refractivity contribution < 1.29 is 0 Å². The molecule has 1 aromatic carbocycles. The monoisotopic (exact) mass is 116 g/mol. The van der Waals surface area contributed by atoms with Crippen molar-refractivity contribution in [2.24, 2.45) is 0 Å². The lowest BCUT2D eigenvalue weighted by Crippen LogP contribution is -1.94. The Morgan fingerprint density at radius 2 is 1.56 bits per heavy atom. The van der Waals surface area contributed by atoms with Gasteiger partial charge in [-0.25, -0.2) is 0 Å². The minimum atomic E-state index is 0.659. The van der Waals surface area contributed by atoms with Crippen LogP contribution in [0.1, 0.15) is 11.3 Å². The average Bonchev–Trinajstić information content (AvgIpc) is 1.90. The van der Waals surface area contributed by atoms with Crippen LogP contribution in [0.5, 0.6) is 0 Å². The fourth-order valence-electron chi connectivity index (χ4n) is 0.838. The van der Waals surface area contributed by atoms with Crippen molar-refractivity contribution in [1.29, 1.82) is 0 Å². The van der Waals surface area contributed by atoms with Crippen LogP contribution in [-0.2, 0) is 0 Å². The summed E-state index contributed by atoms with van der Waals surface area (Å²) in [6, 6.07) is 10.5. The van der Waals surface area contributed by atoms with Crippen LogP contribution in [0.2, 0.25) is 0 Å². The van der Waals surface area contributed by atoms with Crippen molar-refractivity contribution in [3.8, 4) is 0 Å². The van der Waals surface area contributed by atoms with Crippen LogP contribution < -0.4 is 0 Å². The normalized spacial score (nSPS) is 9.89. The molecule has 0 atom stereocenters. The van der Waals surface area contributed by atoms with E-state index in [9.17, 15) is 0 Å². The molecule has 0 aliphatic heterocycles. The third kappa shape index (κ3) is 1.63. The highest BCUT2D eigenvalue weighted by Gasteiger charge is 1.94. The lowest BCUT2D eigenvalue weighted by atomic mass is 9.67. The zero-order chi connectivity index (χ0) is 6.69. The van der Waals surface area contributed by atoms with Crippen LogP contribution in [0, 0.1) is 0 Å². The maximum absolute atomic E-state index is 2.20. The summed E-state index contributed by atoms with van der Waals surface area (Å²) in [6.45, 7) is 0. The molecule has 1 aromatic rings. The van der Waals surface area contributed by atoms with Crippen LogP contribution in [-0.4, -0.2) is 15.7 Å². The van der Waals surface area contributed by atoms with Gasteiger partial charge in [0.2, 0.25) is 0 Å². The van der Waals surface area contributed by atoms with E-state index in [-0.39, 0.29) is 0 Å². The van der Waals surface area contributed by atoms with Gasteiger partial charge < -0.3 is 0 Å². The Morgan fingerprint density at radius 1 is 1.00 bits per heavy atom. The third-order valence-electron chi connectivity index (χ3n) is 1.47. The maximum atomic E-state index is 2.20. The molecule has 0 bridgehead atoms. The summed E-state index contributed by atoms with van der Waals surface area (Å²) in [7, 11) is 4.41. The highest BCUT2D eigenvalue weighted by molar-refractivity contribution is 6.35. The summed E-state index contributed by atoms with van der Waals surface area (Å²) < 4.78 is 0. The Labute approximate surface area is 58.1 Å². The molecule has 0 amide bonds. The first-order valence-electron chi connectivity index (χ1n) is 3.35. The number of hydrogen-bond donors (Lipinski definition) is 0. The predicted octanol–water partition coefficient (Wildman–Crippen LogP) is -0.0486. The minimum Gasteiger partial charge on any atom is -0.0717 e. The average molecular weight is 116 g/mol. The first kappa shape index (κ1) is 6.47. The van der Waals surface area contributed by atoms with E-state index in [4.69, 9.17) is 0 Å². The fourth-order valence-corrected chi connectivity index (χ4v) is 0.838. The molecule has 0 fully saturated rings. The number of benzene rings is 1. The summed E-state index contributed by atoms with van der Waals surface area (Å²) >= 11 is 0. The first-order valence-corrected chi connectivity index (χ1v) is 3.35. The summed E-state index contributed by atoms with van der Waals surface area (Å²) in [5, 5.41) is 0. The van der Waals surface area contributed by atoms with Gasteiger partial charge in [-0.3, -0.25) is 0 Å². The van der Waals surface area contributed by atoms with Gasteiger partial charge in [-0.2, -0.15) is 0 Å². The van der Waals surface area contributed by atoms with E-state index in [0.29, 0.717) is 5.72 Å². The van der Waals surface area contributed by atoms with Gasteiger partial charge in [0.25, 0.3) is 0 Å². The Morgan fingerprint density at radius 3 is 1.89 bits per heavy atom. The van der Waals surface area contributed by atoms with Gasteiger partial charge in [-0.1, -0.05) is 41.6 Å². The van der Waals surface area contributed by atoms with E-state index < -0.39 is 0 Å². The van der Waals surface area contributed by atoms with Crippen molar-refractivity contribution >= 4 is 15.7 Å². The van der Waals surface area contributed by atoms with Gasteiger partial charge in [0, 0.05) is 0 Å². The number of rotatable bonds is 1. The molecule has 44 valence electrons. The molecular weight excluding hydrogens is 106 g/mol. The molecule has 2 heteroatoms. The van der Waals surface area contributed by atoms with E-state index in [1.807, 2.05) is 6.07 Å². The van der Waals surface area contributed by atoms with Crippen molar-refractivity contribution in [3.63, 3.8) is 0 Å². The summed E-state index contributed by atoms with van der Waals surface area (Å²) in [6.07, 6.45) is 0. The van der Waals surface area contributed by atoms with Crippen molar-refractivity contribution in [2.75, 3.05) is 0 Å². The van der Waals surface area contributed by atoms with E-state index in [1.54, 1.807) is 0 Å². The lowest BCUT2D eigenvalue weighted by molar-refractivity contribution is 1.35. The summed E-state index contributed by atoms with van der Waals surface area (Å²) in [5.74, 6) is 0. The van der Waals surface area contributed by atoms with Crippen molar-refractivity contribution in [2.45, 2.75) is 5.72 Å². The lowest BCUT2D eigenvalue weighted by Gasteiger charge is -2.01. The SMILES string of the molecule is BC(B)c1ccccc1. The molecule has 0 unspecified atom stereocenters.